The number of alkyl halides is 3. The van der Waals surface area contributed by atoms with Crippen LogP contribution in [-0.2, 0) is 24.7 Å². The summed E-state index contributed by atoms with van der Waals surface area (Å²) in [7, 11) is 3.27. The maximum atomic E-state index is 12.6. The Balaban J connectivity index is 1.84. The molecule has 28 heavy (non-hydrogen) atoms. The van der Waals surface area contributed by atoms with Gasteiger partial charge in [-0.25, -0.2) is 9.97 Å². The van der Waals surface area contributed by atoms with E-state index >= 15 is 0 Å². The monoisotopic (exact) mass is 390 g/mol. The number of rotatable bonds is 6. The quantitative estimate of drug-likeness (QED) is 0.474. The van der Waals surface area contributed by atoms with Crippen molar-refractivity contribution in [1.82, 2.24) is 14.5 Å². The Morgan fingerprint density at radius 1 is 1.14 bits per heavy atom. The summed E-state index contributed by atoms with van der Waals surface area (Å²) >= 11 is 0. The molecule has 0 aliphatic carbocycles. The smallest absolute Gasteiger partial charge is 0.417 e. The van der Waals surface area contributed by atoms with Crippen molar-refractivity contribution < 1.29 is 22.7 Å². The van der Waals surface area contributed by atoms with E-state index in [1.165, 1.54) is 13.2 Å². The lowest BCUT2D eigenvalue weighted by atomic mass is 10.0. The summed E-state index contributed by atoms with van der Waals surface area (Å²) < 4.78 is 45.3. The van der Waals surface area contributed by atoms with E-state index in [-0.39, 0.29) is 12.5 Å². The van der Waals surface area contributed by atoms with Crippen LogP contribution in [0.2, 0.25) is 0 Å². The van der Waals surface area contributed by atoms with Crippen LogP contribution >= 0.6 is 0 Å². The standard InChI is InChI=1S/C19H17F3N4O2/c1-26-10-9-23-18(26)17(25-27-2)15-6-4-3-5-13(15)12-28-16-8-7-14(11-24-16)19(20,21)22/h3-11H,12H2,1-2H3/b25-17+. The first-order chi connectivity index (χ1) is 13.4. The van der Waals surface area contributed by atoms with Gasteiger partial charge in [0.25, 0.3) is 0 Å². The molecule has 3 aromatic rings. The largest absolute Gasteiger partial charge is 0.473 e. The second kappa shape index (κ2) is 8.12. The number of oxime groups is 1. The minimum atomic E-state index is -4.44. The molecule has 0 radical (unpaired) electrons. The number of aryl methyl sites for hydroxylation is 1. The summed E-state index contributed by atoms with van der Waals surface area (Å²) in [6, 6.07) is 9.45. The molecule has 0 N–H and O–H groups in total. The lowest BCUT2D eigenvalue weighted by Gasteiger charge is -2.13. The fourth-order valence-corrected chi connectivity index (χ4v) is 2.56. The first-order valence-corrected chi connectivity index (χ1v) is 8.23. The molecule has 1 aromatic carbocycles. The molecule has 2 aromatic heterocycles. The highest BCUT2D eigenvalue weighted by atomic mass is 19.4. The van der Waals surface area contributed by atoms with Crippen LogP contribution in [0.25, 0.3) is 0 Å². The highest BCUT2D eigenvalue weighted by Gasteiger charge is 2.30. The van der Waals surface area contributed by atoms with E-state index in [0.29, 0.717) is 11.5 Å². The third-order valence-corrected chi connectivity index (χ3v) is 3.93. The second-order valence-corrected chi connectivity index (χ2v) is 5.81. The summed E-state index contributed by atoms with van der Waals surface area (Å²) in [6.45, 7) is 0.0850. The predicted molar refractivity (Wildman–Crippen MR) is 95.9 cm³/mol. The zero-order valence-corrected chi connectivity index (χ0v) is 15.1. The molecule has 0 fully saturated rings. The number of hydrogen-bond acceptors (Lipinski definition) is 5. The molecule has 0 spiro atoms. The van der Waals surface area contributed by atoms with Gasteiger partial charge in [0.2, 0.25) is 5.88 Å². The van der Waals surface area contributed by atoms with Gasteiger partial charge in [-0.2, -0.15) is 13.2 Å². The van der Waals surface area contributed by atoms with Crippen molar-refractivity contribution in [2.75, 3.05) is 7.11 Å². The Labute approximate surface area is 159 Å². The van der Waals surface area contributed by atoms with Crippen LogP contribution in [-0.4, -0.2) is 27.4 Å². The molecule has 6 nitrogen and oxygen atoms in total. The van der Waals surface area contributed by atoms with Gasteiger partial charge in [-0.15, -0.1) is 0 Å². The minimum absolute atomic E-state index is 0.0850. The van der Waals surface area contributed by atoms with Gasteiger partial charge in [0.1, 0.15) is 13.7 Å². The second-order valence-electron chi connectivity index (χ2n) is 5.81. The lowest BCUT2D eigenvalue weighted by molar-refractivity contribution is -0.137. The molecule has 3 rings (SSSR count). The number of nitrogens with zero attached hydrogens (tertiary/aromatic N) is 4. The van der Waals surface area contributed by atoms with Crippen LogP contribution in [0.3, 0.4) is 0 Å². The van der Waals surface area contributed by atoms with Crippen LogP contribution in [0.4, 0.5) is 13.2 Å². The van der Waals surface area contributed by atoms with Crippen molar-refractivity contribution in [3.05, 3.63) is 77.5 Å². The number of benzene rings is 1. The fourth-order valence-electron chi connectivity index (χ4n) is 2.56. The molecular formula is C19H17F3N4O2. The first-order valence-electron chi connectivity index (χ1n) is 8.23. The molecule has 146 valence electrons. The fraction of sp³-hybridized carbons (Fsp3) is 0.211. The normalized spacial score (nSPS) is 12.1. The maximum absolute atomic E-state index is 12.6. The Morgan fingerprint density at radius 3 is 2.54 bits per heavy atom. The molecule has 9 heteroatoms. The minimum Gasteiger partial charge on any atom is -0.473 e. The zero-order valence-electron chi connectivity index (χ0n) is 15.1. The van der Waals surface area contributed by atoms with Crippen LogP contribution in [0.15, 0.2) is 60.1 Å². The molecule has 0 bridgehead atoms. The van der Waals surface area contributed by atoms with E-state index in [1.54, 1.807) is 17.0 Å². The molecule has 0 unspecified atom stereocenters. The van der Waals surface area contributed by atoms with E-state index in [2.05, 4.69) is 15.1 Å². The van der Waals surface area contributed by atoms with Crippen molar-refractivity contribution in [3.63, 3.8) is 0 Å². The number of ether oxygens (including phenoxy) is 1. The van der Waals surface area contributed by atoms with Crippen molar-refractivity contribution in [1.29, 1.82) is 0 Å². The molecule has 0 amide bonds. The number of pyridine rings is 1. The van der Waals surface area contributed by atoms with Crippen molar-refractivity contribution in [2.24, 2.45) is 12.2 Å². The van der Waals surface area contributed by atoms with Gasteiger partial charge >= 0.3 is 6.18 Å². The average molecular weight is 390 g/mol. The van der Waals surface area contributed by atoms with Crippen molar-refractivity contribution in [2.45, 2.75) is 12.8 Å². The van der Waals surface area contributed by atoms with Gasteiger partial charge in [0, 0.05) is 37.3 Å². The number of imidazole rings is 1. The van der Waals surface area contributed by atoms with E-state index < -0.39 is 11.7 Å². The van der Waals surface area contributed by atoms with Crippen molar-refractivity contribution >= 4 is 5.71 Å². The van der Waals surface area contributed by atoms with Crippen LogP contribution in [0, 0.1) is 0 Å². The highest BCUT2D eigenvalue weighted by Crippen LogP contribution is 2.29. The van der Waals surface area contributed by atoms with Crippen LogP contribution in [0.1, 0.15) is 22.5 Å². The summed E-state index contributed by atoms with van der Waals surface area (Å²) in [5.41, 5.74) is 1.16. The molecular weight excluding hydrogens is 373 g/mol. The Bertz CT molecular complexity index is 966. The Hall–Kier alpha value is -3.36. The highest BCUT2D eigenvalue weighted by molar-refractivity contribution is 6.11. The van der Waals surface area contributed by atoms with Gasteiger partial charge in [0.15, 0.2) is 11.5 Å². The summed E-state index contributed by atoms with van der Waals surface area (Å²) in [6.07, 6.45) is -0.268. The Morgan fingerprint density at radius 2 is 1.93 bits per heavy atom. The summed E-state index contributed by atoms with van der Waals surface area (Å²) in [4.78, 5) is 13.0. The molecule has 0 aliphatic rings. The van der Waals surface area contributed by atoms with E-state index in [4.69, 9.17) is 9.57 Å². The van der Waals surface area contributed by atoms with Gasteiger partial charge in [-0.05, 0) is 11.6 Å². The SMILES string of the molecule is CO/N=C(\c1ccccc1COc1ccc(C(F)(F)F)cn1)c1nccn1C. The molecule has 0 aliphatic heterocycles. The predicted octanol–water partition coefficient (Wildman–Crippen LogP) is 3.81. The molecule has 2 heterocycles. The third kappa shape index (κ3) is 4.30. The molecule has 0 saturated heterocycles. The molecule has 0 saturated carbocycles. The zero-order chi connectivity index (χ0) is 20.1. The Kier molecular flexibility index (Phi) is 5.62. The van der Waals surface area contributed by atoms with E-state index in [0.717, 1.165) is 23.4 Å². The van der Waals surface area contributed by atoms with E-state index in [9.17, 15) is 13.2 Å². The van der Waals surface area contributed by atoms with Crippen molar-refractivity contribution in [3.8, 4) is 5.88 Å². The molecule has 0 atom stereocenters. The number of hydrogen-bond donors (Lipinski definition) is 0. The third-order valence-electron chi connectivity index (χ3n) is 3.93. The average Bonchev–Trinajstić information content (AvgIpc) is 3.10. The summed E-state index contributed by atoms with van der Waals surface area (Å²) in [5.74, 6) is 0.687. The number of halogens is 3. The van der Waals surface area contributed by atoms with Crippen LogP contribution in [0.5, 0.6) is 5.88 Å². The van der Waals surface area contributed by atoms with Gasteiger partial charge in [-0.1, -0.05) is 29.4 Å². The number of aromatic nitrogens is 3. The topological polar surface area (TPSA) is 61.5 Å². The first kappa shape index (κ1) is 19.4. The van der Waals surface area contributed by atoms with Gasteiger partial charge in [-0.3, -0.25) is 0 Å². The summed E-state index contributed by atoms with van der Waals surface area (Å²) in [5, 5.41) is 4.09. The lowest BCUT2D eigenvalue weighted by Crippen LogP contribution is -2.14. The van der Waals surface area contributed by atoms with Crippen LogP contribution < -0.4 is 4.74 Å². The van der Waals surface area contributed by atoms with E-state index in [1.807, 2.05) is 31.3 Å². The maximum Gasteiger partial charge on any atom is 0.417 e. The van der Waals surface area contributed by atoms with Gasteiger partial charge in [0.05, 0.1) is 5.56 Å². The van der Waals surface area contributed by atoms with Gasteiger partial charge < -0.3 is 14.1 Å².